The summed E-state index contributed by atoms with van der Waals surface area (Å²) in [7, 11) is 0. The summed E-state index contributed by atoms with van der Waals surface area (Å²) in [6, 6.07) is 21.5. The highest BCUT2D eigenvalue weighted by Crippen LogP contribution is 2.27. The highest BCUT2D eigenvalue weighted by Gasteiger charge is 2.22. The van der Waals surface area contributed by atoms with Gasteiger partial charge >= 0.3 is 0 Å². The number of para-hydroxylation sites is 1. The molecule has 0 N–H and O–H groups in total. The van der Waals surface area contributed by atoms with E-state index >= 15 is 0 Å². The van der Waals surface area contributed by atoms with E-state index in [1.54, 1.807) is 0 Å². The number of ether oxygens (including phenoxy) is 1. The van der Waals surface area contributed by atoms with E-state index in [0.717, 1.165) is 88.2 Å². The Morgan fingerprint density at radius 1 is 0.923 bits per heavy atom. The maximum absolute atomic E-state index is 13.3. The Kier molecular flexibility index (Phi) is 9.44. The number of aryl methyl sites for hydroxylation is 1. The molecule has 0 radical (unpaired) electrons. The Hall–Kier alpha value is -3.02. The zero-order valence-corrected chi connectivity index (χ0v) is 23.2. The van der Waals surface area contributed by atoms with Crippen LogP contribution in [0.1, 0.15) is 71.6 Å². The predicted molar refractivity (Wildman–Crippen MR) is 154 cm³/mol. The molecule has 3 aromatic carbocycles. The topological polar surface area (TPSA) is 32.8 Å². The lowest BCUT2D eigenvalue weighted by atomic mass is 9.89. The van der Waals surface area contributed by atoms with Gasteiger partial charge in [-0.25, -0.2) is 4.39 Å². The van der Waals surface area contributed by atoms with Crippen LogP contribution in [0, 0.1) is 11.7 Å². The molecule has 0 aromatic heterocycles. The third-order valence-electron chi connectivity index (χ3n) is 8.32. The van der Waals surface area contributed by atoms with Crippen LogP contribution in [0.3, 0.4) is 0 Å². The maximum atomic E-state index is 13.3. The smallest absolute Gasteiger partial charge is 0.162 e. The van der Waals surface area contributed by atoms with Gasteiger partial charge in [0, 0.05) is 37.2 Å². The average molecular weight is 529 g/mol. The molecule has 1 saturated heterocycles. The first-order valence-corrected chi connectivity index (χ1v) is 14.6. The van der Waals surface area contributed by atoms with Crippen LogP contribution in [0.25, 0.3) is 0 Å². The number of halogens is 1. The van der Waals surface area contributed by atoms with E-state index in [4.69, 9.17) is 4.74 Å². The standard InChI is InChI=1S/C34H41FN2O2/c1-2-39-34-8-4-3-6-30(34)24-36-20-17-26(18-21-36)11-16-33(38)29-13-12-28-7-5-19-37(25-31(28)22-29)23-27-9-14-32(35)15-10-27/h3-4,6,8-10,12-15,22,26H,2,5,7,11,16-21,23-25H2,1H3. The van der Waals surface area contributed by atoms with Crippen molar-refractivity contribution in [2.24, 2.45) is 5.92 Å². The summed E-state index contributed by atoms with van der Waals surface area (Å²) in [4.78, 5) is 18.1. The van der Waals surface area contributed by atoms with Crippen molar-refractivity contribution in [3.63, 3.8) is 0 Å². The van der Waals surface area contributed by atoms with Gasteiger partial charge in [0.1, 0.15) is 11.6 Å². The largest absolute Gasteiger partial charge is 0.494 e. The van der Waals surface area contributed by atoms with Gasteiger partial charge in [-0.1, -0.05) is 42.5 Å². The molecular formula is C34H41FN2O2. The highest BCUT2D eigenvalue weighted by atomic mass is 19.1. The molecule has 0 unspecified atom stereocenters. The Morgan fingerprint density at radius 2 is 1.72 bits per heavy atom. The van der Waals surface area contributed by atoms with Gasteiger partial charge in [-0.05, 0) is 106 Å². The summed E-state index contributed by atoms with van der Waals surface area (Å²) in [5.74, 6) is 1.67. The van der Waals surface area contributed by atoms with E-state index in [0.29, 0.717) is 18.9 Å². The molecule has 0 spiro atoms. The number of piperidine rings is 1. The minimum Gasteiger partial charge on any atom is -0.494 e. The number of carbonyl (C=O) groups is 1. The molecule has 2 heterocycles. The zero-order chi connectivity index (χ0) is 27.0. The summed E-state index contributed by atoms with van der Waals surface area (Å²) in [6.45, 7) is 8.42. The zero-order valence-electron chi connectivity index (χ0n) is 23.2. The van der Waals surface area contributed by atoms with Gasteiger partial charge in [0.25, 0.3) is 0 Å². The maximum Gasteiger partial charge on any atom is 0.162 e. The number of fused-ring (bicyclic) bond motifs is 1. The van der Waals surface area contributed by atoms with E-state index < -0.39 is 0 Å². The van der Waals surface area contributed by atoms with Crippen molar-refractivity contribution in [2.45, 2.75) is 65.1 Å². The summed E-state index contributed by atoms with van der Waals surface area (Å²) in [5.41, 5.74) is 5.85. The first-order chi connectivity index (χ1) is 19.1. The molecule has 0 atom stereocenters. The molecule has 2 aliphatic rings. The number of carbonyl (C=O) groups excluding carboxylic acids is 1. The summed E-state index contributed by atoms with van der Waals surface area (Å²) in [6.07, 6.45) is 6.01. The fraction of sp³-hybridized carbons (Fsp3) is 0.441. The first-order valence-electron chi connectivity index (χ1n) is 14.6. The lowest BCUT2D eigenvalue weighted by molar-refractivity contribution is 0.0961. The van der Waals surface area contributed by atoms with Crippen molar-refractivity contribution in [3.05, 3.63) is 100 Å². The fourth-order valence-electron chi connectivity index (χ4n) is 6.07. The minimum absolute atomic E-state index is 0.197. The van der Waals surface area contributed by atoms with Crippen LogP contribution in [0.5, 0.6) is 5.75 Å². The van der Waals surface area contributed by atoms with Crippen LogP contribution in [0.15, 0.2) is 66.7 Å². The van der Waals surface area contributed by atoms with Crippen LogP contribution in [0.4, 0.5) is 4.39 Å². The van der Waals surface area contributed by atoms with Crippen LogP contribution in [-0.4, -0.2) is 41.8 Å². The van der Waals surface area contributed by atoms with Crippen LogP contribution in [-0.2, 0) is 26.1 Å². The molecule has 206 valence electrons. The Balaban J connectivity index is 1.11. The Labute approximate surface area is 232 Å². The van der Waals surface area contributed by atoms with E-state index in [-0.39, 0.29) is 11.6 Å². The van der Waals surface area contributed by atoms with Gasteiger partial charge < -0.3 is 4.74 Å². The Bertz CT molecular complexity index is 1230. The van der Waals surface area contributed by atoms with E-state index in [2.05, 4.69) is 40.1 Å². The number of rotatable bonds is 10. The fourth-order valence-corrected chi connectivity index (χ4v) is 6.07. The first kappa shape index (κ1) is 27.5. The quantitative estimate of drug-likeness (QED) is 0.264. The van der Waals surface area contributed by atoms with Crippen molar-refractivity contribution >= 4 is 5.78 Å². The highest BCUT2D eigenvalue weighted by molar-refractivity contribution is 5.96. The molecule has 1 fully saturated rings. The van der Waals surface area contributed by atoms with E-state index in [9.17, 15) is 9.18 Å². The van der Waals surface area contributed by atoms with Crippen LogP contribution < -0.4 is 4.74 Å². The number of hydrogen-bond donors (Lipinski definition) is 0. The molecule has 5 heteroatoms. The normalized spacial score (nSPS) is 17.0. The van der Waals surface area contributed by atoms with Crippen molar-refractivity contribution in [1.82, 2.24) is 9.80 Å². The molecule has 0 bridgehead atoms. The molecule has 3 aromatic rings. The molecule has 39 heavy (non-hydrogen) atoms. The predicted octanol–water partition coefficient (Wildman–Crippen LogP) is 7.05. The number of benzene rings is 3. The Morgan fingerprint density at radius 3 is 2.51 bits per heavy atom. The molecule has 2 aliphatic heterocycles. The average Bonchev–Trinajstić information content (AvgIpc) is 3.16. The lowest BCUT2D eigenvalue weighted by Gasteiger charge is -2.32. The van der Waals surface area contributed by atoms with Crippen molar-refractivity contribution < 1.29 is 13.9 Å². The third kappa shape index (κ3) is 7.55. The monoisotopic (exact) mass is 528 g/mol. The minimum atomic E-state index is -0.197. The van der Waals surface area contributed by atoms with Crippen molar-refractivity contribution in [1.29, 1.82) is 0 Å². The SMILES string of the molecule is CCOc1ccccc1CN1CCC(CCC(=O)c2ccc3c(c2)CN(Cc2ccc(F)cc2)CCC3)CC1. The van der Waals surface area contributed by atoms with Crippen molar-refractivity contribution in [3.8, 4) is 5.75 Å². The molecular weight excluding hydrogens is 487 g/mol. The van der Waals surface area contributed by atoms with E-state index in [1.807, 2.05) is 31.2 Å². The third-order valence-corrected chi connectivity index (χ3v) is 8.32. The van der Waals surface area contributed by atoms with Gasteiger partial charge in [-0.3, -0.25) is 14.6 Å². The van der Waals surface area contributed by atoms with Gasteiger partial charge in [0.15, 0.2) is 5.78 Å². The second-order valence-electron chi connectivity index (χ2n) is 11.1. The van der Waals surface area contributed by atoms with Gasteiger partial charge in [0.05, 0.1) is 6.61 Å². The second-order valence-corrected chi connectivity index (χ2v) is 11.1. The van der Waals surface area contributed by atoms with Gasteiger partial charge in [-0.2, -0.15) is 0 Å². The molecule has 0 amide bonds. The van der Waals surface area contributed by atoms with Crippen molar-refractivity contribution in [2.75, 3.05) is 26.2 Å². The van der Waals surface area contributed by atoms with Crippen LogP contribution in [0.2, 0.25) is 0 Å². The second kappa shape index (κ2) is 13.4. The molecule has 0 aliphatic carbocycles. The van der Waals surface area contributed by atoms with Gasteiger partial charge in [0.2, 0.25) is 0 Å². The molecule has 5 rings (SSSR count). The number of Topliss-reactive ketones (excluding diaryl/α,β-unsaturated/α-hetero) is 1. The summed E-state index contributed by atoms with van der Waals surface area (Å²) >= 11 is 0. The lowest BCUT2D eigenvalue weighted by Crippen LogP contribution is -2.33. The molecule has 0 saturated carbocycles. The summed E-state index contributed by atoms with van der Waals surface area (Å²) < 4.78 is 19.1. The number of hydrogen-bond acceptors (Lipinski definition) is 4. The van der Waals surface area contributed by atoms with Gasteiger partial charge in [-0.15, -0.1) is 0 Å². The molecule has 4 nitrogen and oxygen atoms in total. The van der Waals surface area contributed by atoms with Crippen LogP contribution >= 0.6 is 0 Å². The number of nitrogens with zero attached hydrogens (tertiary/aromatic N) is 2. The number of ketones is 1. The number of likely N-dealkylation sites (tertiary alicyclic amines) is 1. The van der Waals surface area contributed by atoms with E-state index in [1.165, 1.54) is 28.8 Å². The summed E-state index contributed by atoms with van der Waals surface area (Å²) in [5, 5.41) is 0.